The lowest BCUT2D eigenvalue weighted by Crippen LogP contribution is -2.11. The fourth-order valence-electron chi connectivity index (χ4n) is 9.42. The maximum atomic E-state index is 2.42. The second kappa shape index (κ2) is 14.1. The molecule has 0 radical (unpaired) electrons. The molecule has 0 heterocycles. The summed E-state index contributed by atoms with van der Waals surface area (Å²) in [6.07, 6.45) is 5.70. The summed E-state index contributed by atoms with van der Waals surface area (Å²) in [6, 6.07) is 73.8. The van der Waals surface area contributed by atoms with E-state index in [-0.39, 0.29) is 0 Å². The highest BCUT2D eigenvalue weighted by molar-refractivity contribution is 6.14. The molecular weight excluding hydrogens is 699 g/mol. The van der Waals surface area contributed by atoms with Crippen molar-refractivity contribution in [3.8, 4) is 33.4 Å². The summed E-state index contributed by atoms with van der Waals surface area (Å²) >= 11 is 0. The molecule has 11 rings (SSSR count). The molecule has 0 fully saturated rings. The van der Waals surface area contributed by atoms with Crippen LogP contribution in [0.2, 0.25) is 0 Å². The summed E-state index contributed by atoms with van der Waals surface area (Å²) in [5, 5.41) is 10.4. The van der Waals surface area contributed by atoms with Gasteiger partial charge in [-0.2, -0.15) is 0 Å². The highest BCUT2D eigenvalue weighted by Gasteiger charge is 2.21. The molecule has 1 nitrogen and oxygen atoms in total. The maximum absolute atomic E-state index is 2.42. The van der Waals surface area contributed by atoms with E-state index in [2.05, 4.69) is 224 Å². The minimum absolute atomic E-state index is 0.480. The molecule has 0 N–H and O–H groups in total. The second-order valence-corrected chi connectivity index (χ2v) is 15.7. The lowest BCUT2D eigenvalue weighted by atomic mass is 9.83. The fourth-order valence-corrected chi connectivity index (χ4v) is 9.42. The Morgan fingerprint density at radius 1 is 0.414 bits per heavy atom. The molecule has 0 aromatic heterocycles. The van der Waals surface area contributed by atoms with Crippen LogP contribution in [0.5, 0.6) is 0 Å². The van der Waals surface area contributed by atoms with Crippen molar-refractivity contribution in [2.75, 3.05) is 4.90 Å². The van der Waals surface area contributed by atoms with Gasteiger partial charge in [0.25, 0.3) is 0 Å². The van der Waals surface area contributed by atoms with Crippen LogP contribution >= 0.6 is 0 Å². The van der Waals surface area contributed by atoms with Gasteiger partial charge in [-0.1, -0.05) is 171 Å². The summed E-state index contributed by atoms with van der Waals surface area (Å²) in [5.41, 5.74) is 13.4. The molecular formula is C57H41N. The number of benzene rings is 10. The Morgan fingerprint density at radius 3 is 1.88 bits per heavy atom. The maximum Gasteiger partial charge on any atom is 0.0540 e. The van der Waals surface area contributed by atoms with Gasteiger partial charge in [-0.25, -0.2) is 0 Å². The molecule has 1 aliphatic carbocycles. The minimum Gasteiger partial charge on any atom is -0.310 e. The zero-order valence-corrected chi connectivity index (χ0v) is 32.4. The smallest absolute Gasteiger partial charge is 0.0540 e. The normalized spacial score (nSPS) is 13.6. The number of para-hydroxylation sites is 1. The SMILES string of the molecule is CC1CC=Cc2ccc3ccc4cc(-c5cc(-c6ccccc6)ccc5N(c5ccccc5)c5ccc(-c6cc7ccccc7c7ccccc67)cc5)ccc4c3c21. The first-order chi connectivity index (χ1) is 28.7. The molecule has 274 valence electrons. The van der Waals surface area contributed by atoms with E-state index in [1.165, 1.54) is 87.6 Å². The number of allylic oxidation sites excluding steroid dienone is 1. The lowest BCUT2D eigenvalue weighted by Gasteiger charge is -2.29. The number of fused-ring (bicyclic) bond motifs is 8. The molecule has 0 amide bonds. The van der Waals surface area contributed by atoms with Crippen molar-refractivity contribution in [2.24, 2.45) is 0 Å². The van der Waals surface area contributed by atoms with Gasteiger partial charge in [0, 0.05) is 16.9 Å². The largest absolute Gasteiger partial charge is 0.310 e. The lowest BCUT2D eigenvalue weighted by molar-refractivity contribution is 0.780. The van der Waals surface area contributed by atoms with Crippen LogP contribution in [0.3, 0.4) is 0 Å². The Bertz CT molecular complexity index is 3190. The molecule has 1 unspecified atom stereocenters. The van der Waals surface area contributed by atoms with E-state index in [0.29, 0.717) is 5.92 Å². The number of nitrogens with zero attached hydrogens (tertiary/aromatic N) is 1. The summed E-state index contributed by atoms with van der Waals surface area (Å²) in [4.78, 5) is 2.42. The van der Waals surface area contributed by atoms with Crippen molar-refractivity contribution in [1.29, 1.82) is 0 Å². The molecule has 10 aromatic carbocycles. The van der Waals surface area contributed by atoms with E-state index in [9.17, 15) is 0 Å². The molecule has 1 aliphatic rings. The Labute approximate surface area is 339 Å². The highest BCUT2D eigenvalue weighted by Crippen LogP contribution is 2.45. The monoisotopic (exact) mass is 739 g/mol. The minimum atomic E-state index is 0.480. The predicted molar refractivity (Wildman–Crippen MR) is 250 cm³/mol. The Morgan fingerprint density at radius 2 is 1.05 bits per heavy atom. The van der Waals surface area contributed by atoms with Gasteiger partial charge in [-0.05, 0) is 143 Å². The predicted octanol–water partition coefficient (Wildman–Crippen LogP) is 16.3. The standard InChI is InChI=1S/C57H41N/c1-38-13-12-17-41-23-24-42-25-26-45-35-46(29-33-50(45)57(42)56(38)41)54-36-43(39-14-4-2-5-15-39)30-34-55(54)58(47-18-6-3-7-19-47)48-31-27-40(28-32-48)53-37-44-16-8-9-20-49(44)51-21-10-11-22-52(51)53/h2-12,14-38H,13H2,1H3. The summed E-state index contributed by atoms with van der Waals surface area (Å²) in [5.74, 6) is 0.480. The third kappa shape index (κ3) is 5.78. The number of hydrogen-bond acceptors (Lipinski definition) is 1. The van der Waals surface area contributed by atoms with E-state index < -0.39 is 0 Å². The quantitative estimate of drug-likeness (QED) is 0.154. The van der Waals surface area contributed by atoms with E-state index in [1.807, 2.05) is 0 Å². The van der Waals surface area contributed by atoms with Crippen molar-refractivity contribution in [2.45, 2.75) is 19.3 Å². The molecule has 0 aliphatic heterocycles. The van der Waals surface area contributed by atoms with E-state index in [1.54, 1.807) is 0 Å². The average molecular weight is 740 g/mol. The number of hydrogen-bond donors (Lipinski definition) is 0. The van der Waals surface area contributed by atoms with Crippen LogP contribution in [0.4, 0.5) is 17.1 Å². The van der Waals surface area contributed by atoms with Crippen molar-refractivity contribution in [3.05, 3.63) is 217 Å². The number of rotatable bonds is 6. The van der Waals surface area contributed by atoms with Crippen LogP contribution in [0, 0.1) is 0 Å². The van der Waals surface area contributed by atoms with Gasteiger partial charge in [0.15, 0.2) is 0 Å². The van der Waals surface area contributed by atoms with Crippen LogP contribution in [-0.4, -0.2) is 0 Å². The topological polar surface area (TPSA) is 3.24 Å². The molecule has 1 heteroatoms. The first-order valence-corrected chi connectivity index (χ1v) is 20.4. The van der Waals surface area contributed by atoms with Gasteiger partial charge in [0.05, 0.1) is 5.69 Å². The molecule has 1 atom stereocenters. The first kappa shape index (κ1) is 34.1. The van der Waals surface area contributed by atoms with Crippen molar-refractivity contribution in [3.63, 3.8) is 0 Å². The van der Waals surface area contributed by atoms with Gasteiger partial charge < -0.3 is 4.90 Å². The van der Waals surface area contributed by atoms with Crippen LogP contribution < -0.4 is 4.90 Å². The molecule has 10 aromatic rings. The van der Waals surface area contributed by atoms with Gasteiger partial charge in [0.2, 0.25) is 0 Å². The molecule has 0 saturated heterocycles. The van der Waals surface area contributed by atoms with Gasteiger partial charge >= 0.3 is 0 Å². The zero-order chi connectivity index (χ0) is 38.6. The Balaban J connectivity index is 1.09. The van der Waals surface area contributed by atoms with E-state index in [0.717, 1.165) is 23.5 Å². The zero-order valence-electron chi connectivity index (χ0n) is 32.4. The molecule has 0 spiro atoms. The first-order valence-electron chi connectivity index (χ1n) is 20.4. The third-order valence-electron chi connectivity index (χ3n) is 12.2. The van der Waals surface area contributed by atoms with Crippen LogP contribution in [0.25, 0.3) is 82.5 Å². The van der Waals surface area contributed by atoms with Crippen molar-refractivity contribution in [1.82, 2.24) is 0 Å². The summed E-state index contributed by atoms with van der Waals surface area (Å²) in [7, 11) is 0. The molecule has 0 saturated carbocycles. The van der Waals surface area contributed by atoms with Gasteiger partial charge in [-0.3, -0.25) is 0 Å². The highest BCUT2D eigenvalue weighted by atomic mass is 15.1. The van der Waals surface area contributed by atoms with Crippen LogP contribution in [-0.2, 0) is 0 Å². The summed E-state index contributed by atoms with van der Waals surface area (Å²) < 4.78 is 0. The van der Waals surface area contributed by atoms with Gasteiger partial charge in [0.1, 0.15) is 0 Å². The Hall–Kier alpha value is -7.22. The van der Waals surface area contributed by atoms with E-state index in [4.69, 9.17) is 0 Å². The van der Waals surface area contributed by atoms with Crippen molar-refractivity contribution >= 4 is 66.2 Å². The average Bonchev–Trinajstić information content (AvgIpc) is 3.29. The number of anilines is 3. The third-order valence-corrected chi connectivity index (χ3v) is 12.2. The van der Waals surface area contributed by atoms with Gasteiger partial charge in [-0.15, -0.1) is 0 Å². The molecule has 0 bridgehead atoms. The van der Waals surface area contributed by atoms with Crippen LogP contribution in [0.1, 0.15) is 30.4 Å². The fraction of sp³-hybridized carbons (Fsp3) is 0.0526. The summed E-state index contributed by atoms with van der Waals surface area (Å²) in [6.45, 7) is 2.37. The molecule has 58 heavy (non-hydrogen) atoms. The second-order valence-electron chi connectivity index (χ2n) is 15.7. The van der Waals surface area contributed by atoms with E-state index >= 15 is 0 Å². The Kier molecular flexibility index (Phi) is 8.26. The van der Waals surface area contributed by atoms with Crippen molar-refractivity contribution < 1.29 is 0 Å². The van der Waals surface area contributed by atoms with Crippen LogP contribution in [0.15, 0.2) is 206 Å².